The van der Waals surface area contributed by atoms with Gasteiger partial charge in [-0.3, -0.25) is 0 Å². The third-order valence-electron chi connectivity index (χ3n) is 2.62. The smallest absolute Gasteiger partial charge is 0.245 e. The van der Waals surface area contributed by atoms with Gasteiger partial charge in [0.05, 0.1) is 18.5 Å². The van der Waals surface area contributed by atoms with E-state index in [4.69, 9.17) is 21.8 Å². The summed E-state index contributed by atoms with van der Waals surface area (Å²) < 4.78 is 31.0. The summed E-state index contributed by atoms with van der Waals surface area (Å²) in [4.78, 5) is -0.00550. The molecule has 2 N–H and O–H groups in total. The lowest BCUT2D eigenvalue weighted by Gasteiger charge is -2.17. The van der Waals surface area contributed by atoms with Crippen LogP contribution in [0, 0.1) is 0 Å². The van der Waals surface area contributed by atoms with Crippen LogP contribution in [-0.2, 0) is 16.6 Å². The van der Waals surface area contributed by atoms with Gasteiger partial charge in [0.25, 0.3) is 0 Å². The van der Waals surface area contributed by atoms with Gasteiger partial charge in [0.15, 0.2) is 0 Å². The maximum atomic E-state index is 12.4. The van der Waals surface area contributed by atoms with Crippen molar-refractivity contribution >= 4 is 27.3 Å². The van der Waals surface area contributed by atoms with Gasteiger partial charge in [-0.25, -0.2) is 8.42 Å². The van der Waals surface area contributed by atoms with Crippen LogP contribution in [-0.4, -0.2) is 19.8 Å². The summed E-state index contributed by atoms with van der Waals surface area (Å²) in [5, 5.41) is 0.319. The van der Waals surface area contributed by atoms with Gasteiger partial charge in [0, 0.05) is 12.1 Å². The molecule has 2 rings (SSSR count). The highest BCUT2D eigenvalue weighted by atomic mass is 35.5. The fraction of sp³-hybridized carbons (Fsp3) is 0.167. The summed E-state index contributed by atoms with van der Waals surface area (Å²) >= 11 is 5.81. The Kier molecular flexibility index (Phi) is 3.84. The van der Waals surface area contributed by atoms with Crippen LogP contribution < -0.4 is 5.73 Å². The molecule has 5 nitrogen and oxygen atoms in total. The van der Waals surface area contributed by atoms with Crippen LogP contribution in [0.25, 0.3) is 0 Å². The first-order chi connectivity index (χ1) is 8.91. The van der Waals surface area contributed by atoms with Gasteiger partial charge in [0.1, 0.15) is 10.7 Å². The standard InChI is InChI=1S/C12H13ClN2O3S/c1-15(8-10-3-2-6-18-10)19(16,17)12-7-9(13)4-5-11(12)14/h2-7H,8,14H2,1H3. The minimum Gasteiger partial charge on any atom is -0.468 e. The van der Waals surface area contributed by atoms with Gasteiger partial charge in [0.2, 0.25) is 10.0 Å². The third-order valence-corrected chi connectivity index (χ3v) is 4.72. The highest BCUT2D eigenvalue weighted by molar-refractivity contribution is 7.89. The summed E-state index contributed by atoms with van der Waals surface area (Å²) in [6, 6.07) is 7.75. The van der Waals surface area contributed by atoms with Crippen LogP contribution in [0.15, 0.2) is 45.9 Å². The summed E-state index contributed by atoms with van der Waals surface area (Å²) in [6.45, 7) is 0.126. The fourth-order valence-electron chi connectivity index (χ4n) is 1.61. The van der Waals surface area contributed by atoms with E-state index in [0.717, 1.165) is 4.31 Å². The zero-order valence-electron chi connectivity index (χ0n) is 10.2. The van der Waals surface area contributed by atoms with Gasteiger partial charge in [-0.15, -0.1) is 0 Å². The van der Waals surface area contributed by atoms with Crippen LogP contribution in [0.1, 0.15) is 5.76 Å². The Labute approximate surface area is 116 Å². The number of nitrogens with two attached hydrogens (primary N) is 1. The molecular weight excluding hydrogens is 288 g/mol. The topological polar surface area (TPSA) is 76.5 Å². The lowest BCUT2D eigenvalue weighted by Crippen LogP contribution is -2.27. The van der Waals surface area contributed by atoms with Crippen molar-refractivity contribution < 1.29 is 12.8 Å². The Morgan fingerprint density at radius 2 is 2.11 bits per heavy atom. The average molecular weight is 301 g/mol. The Hall–Kier alpha value is -1.50. The van der Waals surface area contributed by atoms with Crippen LogP contribution in [0.2, 0.25) is 5.02 Å². The Bertz CT molecular complexity index is 668. The summed E-state index contributed by atoms with van der Waals surface area (Å²) in [5.41, 5.74) is 5.86. The maximum Gasteiger partial charge on any atom is 0.245 e. The van der Waals surface area contributed by atoms with Gasteiger partial charge < -0.3 is 10.2 Å². The number of furan rings is 1. The van der Waals surface area contributed by atoms with Gasteiger partial charge in [-0.05, 0) is 30.3 Å². The van der Waals surface area contributed by atoms with Gasteiger partial charge >= 0.3 is 0 Å². The van der Waals surface area contributed by atoms with E-state index in [-0.39, 0.29) is 17.1 Å². The number of benzene rings is 1. The van der Waals surface area contributed by atoms with Crippen molar-refractivity contribution in [1.82, 2.24) is 4.31 Å². The maximum absolute atomic E-state index is 12.4. The molecule has 0 fully saturated rings. The van der Waals surface area contributed by atoms with Crippen molar-refractivity contribution in [2.24, 2.45) is 0 Å². The molecule has 0 aliphatic heterocycles. The molecule has 1 aromatic carbocycles. The number of hydrogen-bond donors (Lipinski definition) is 1. The minimum atomic E-state index is -3.70. The molecule has 0 amide bonds. The number of sulfonamides is 1. The molecule has 0 radical (unpaired) electrons. The zero-order valence-corrected chi connectivity index (χ0v) is 11.8. The predicted octanol–water partition coefficient (Wildman–Crippen LogP) is 2.34. The molecule has 19 heavy (non-hydrogen) atoms. The number of rotatable bonds is 4. The van der Waals surface area contributed by atoms with Gasteiger partial charge in [-0.1, -0.05) is 11.6 Å². The second-order valence-corrected chi connectivity index (χ2v) is 6.47. The number of halogens is 1. The van der Waals surface area contributed by atoms with Crippen molar-refractivity contribution in [3.63, 3.8) is 0 Å². The van der Waals surface area contributed by atoms with E-state index in [9.17, 15) is 8.42 Å². The summed E-state index contributed by atoms with van der Waals surface area (Å²) in [7, 11) is -2.25. The molecule has 1 heterocycles. The Morgan fingerprint density at radius 1 is 1.37 bits per heavy atom. The van der Waals surface area contributed by atoms with E-state index in [2.05, 4.69) is 0 Å². The van der Waals surface area contributed by atoms with E-state index in [0.29, 0.717) is 10.8 Å². The van der Waals surface area contributed by atoms with E-state index in [1.165, 1.54) is 25.4 Å². The van der Waals surface area contributed by atoms with E-state index >= 15 is 0 Å². The van der Waals surface area contributed by atoms with Crippen LogP contribution in [0.4, 0.5) is 5.69 Å². The molecule has 1 aromatic heterocycles. The van der Waals surface area contributed by atoms with Crippen molar-refractivity contribution in [3.05, 3.63) is 47.4 Å². The highest BCUT2D eigenvalue weighted by Gasteiger charge is 2.24. The molecule has 0 spiro atoms. The molecule has 0 bridgehead atoms. The number of hydrogen-bond acceptors (Lipinski definition) is 4. The average Bonchev–Trinajstić information content (AvgIpc) is 2.85. The fourth-order valence-corrected chi connectivity index (χ4v) is 3.12. The molecule has 0 saturated carbocycles. The highest BCUT2D eigenvalue weighted by Crippen LogP contribution is 2.26. The molecular formula is C12H13ClN2O3S. The molecule has 0 aliphatic rings. The number of nitrogen functional groups attached to an aromatic ring is 1. The normalized spacial score (nSPS) is 11.9. The minimum absolute atomic E-state index is 0.00550. The van der Waals surface area contributed by atoms with Crippen molar-refractivity contribution in [2.45, 2.75) is 11.4 Å². The van der Waals surface area contributed by atoms with Gasteiger partial charge in [-0.2, -0.15) is 4.31 Å². The van der Waals surface area contributed by atoms with Crippen molar-refractivity contribution in [2.75, 3.05) is 12.8 Å². The molecule has 7 heteroatoms. The molecule has 2 aromatic rings. The lowest BCUT2D eigenvalue weighted by molar-refractivity contribution is 0.406. The zero-order chi connectivity index (χ0) is 14.0. The molecule has 0 atom stereocenters. The Morgan fingerprint density at radius 3 is 2.74 bits per heavy atom. The molecule has 102 valence electrons. The first-order valence-corrected chi connectivity index (χ1v) is 7.27. The Balaban J connectivity index is 2.33. The first kappa shape index (κ1) is 13.9. The summed E-state index contributed by atoms with van der Waals surface area (Å²) in [5.74, 6) is 0.548. The first-order valence-electron chi connectivity index (χ1n) is 5.45. The summed E-state index contributed by atoms with van der Waals surface area (Å²) in [6.07, 6.45) is 1.49. The van der Waals surface area contributed by atoms with Crippen LogP contribution >= 0.6 is 11.6 Å². The predicted molar refractivity (Wildman–Crippen MR) is 73.2 cm³/mol. The van der Waals surface area contributed by atoms with E-state index in [1.54, 1.807) is 18.2 Å². The van der Waals surface area contributed by atoms with Crippen molar-refractivity contribution in [3.8, 4) is 0 Å². The second-order valence-electron chi connectivity index (χ2n) is 4.02. The molecule has 0 aliphatic carbocycles. The van der Waals surface area contributed by atoms with Crippen LogP contribution in [0.5, 0.6) is 0 Å². The van der Waals surface area contributed by atoms with E-state index in [1.807, 2.05) is 0 Å². The largest absolute Gasteiger partial charge is 0.468 e. The second kappa shape index (κ2) is 5.24. The number of nitrogens with zero attached hydrogens (tertiary/aromatic N) is 1. The molecule has 0 unspecified atom stereocenters. The lowest BCUT2D eigenvalue weighted by atomic mass is 10.3. The van der Waals surface area contributed by atoms with Crippen LogP contribution in [0.3, 0.4) is 0 Å². The monoisotopic (exact) mass is 300 g/mol. The number of anilines is 1. The third kappa shape index (κ3) is 2.91. The van der Waals surface area contributed by atoms with Crippen molar-refractivity contribution in [1.29, 1.82) is 0 Å². The SMILES string of the molecule is CN(Cc1ccco1)S(=O)(=O)c1cc(Cl)ccc1N. The molecule has 0 saturated heterocycles. The van der Waals surface area contributed by atoms with E-state index < -0.39 is 10.0 Å². The quantitative estimate of drug-likeness (QED) is 0.879.